The van der Waals surface area contributed by atoms with E-state index in [0.717, 1.165) is 37.3 Å². The summed E-state index contributed by atoms with van der Waals surface area (Å²) in [5.41, 5.74) is 4.14. The second-order valence-electron chi connectivity index (χ2n) is 8.89. The zero-order valence-electron chi connectivity index (χ0n) is 17.2. The highest BCUT2D eigenvalue weighted by molar-refractivity contribution is 5.61. The molecular formula is C23H31N5. The zero-order valence-corrected chi connectivity index (χ0v) is 17.2. The van der Waals surface area contributed by atoms with Gasteiger partial charge in [0.25, 0.3) is 0 Å². The van der Waals surface area contributed by atoms with Crippen LogP contribution in [-0.2, 0) is 12.8 Å². The van der Waals surface area contributed by atoms with E-state index in [9.17, 15) is 0 Å². The number of rotatable bonds is 2. The molecule has 3 aliphatic rings. The molecule has 3 heterocycles. The first-order chi connectivity index (χ1) is 13.6. The van der Waals surface area contributed by atoms with Crippen molar-refractivity contribution in [2.75, 3.05) is 51.7 Å². The lowest BCUT2D eigenvalue weighted by Crippen LogP contribution is -2.63. The molecular weight excluding hydrogens is 346 g/mol. The fraction of sp³-hybridized carbons (Fsp3) is 0.565. The third kappa shape index (κ3) is 3.11. The highest BCUT2D eigenvalue weighted by Gasteiger charge is 2.42. The quantitative estimate of drug-likeness (QED) is 0.804. The van der Waals surface area contributed by atoms with Gasteiger partial charge in [0.05, 0.1) is 0 Å². The third-order valence-corrected chi connectivity index (χ3v) is 7.13. The van der Waals surface area contributed by atoms with Crippen LogP contribution in [0.3, 0.4) is 0 Å². The first kappa shape index (κ1) is 18.1. The topological polar surface area (TPSA) is 35.5 Å². The minimum atomic E-state index is 0.335. The van der Waals surface area contributed by atoms with Gasteiger partial charge < -0.3 is 9.80 Å². The number of hydrogen-bond donors (Lipinski definition) is 0. The van der Waals surface area contributed by atoms with Crippen LogP contribution in [0.15, 0.2) is 30.3 Å². The average molecular weight is 378 g/mol. The molecule has 0 amide bonds. The fourth-order valence-corrected chi connectivity index (χ4v) is 5.33. The summed E-state index contributed by atoms with van der Waals surface area (Å²) in [5.74, 6) is 2.11. The van der Waals surface area contributed by atoms with Crippen LogP contribution >= 0.6 is 0 Å². The molecule has 5 nitrogen and oxygen atoms in total. The van der Waals surface area contributed by atoms with Crippen molar-refractivity contribution >= 4 is 5.82 Å². The first-order valence-electron chi connectivity index (χ1n) is 10.7. The lowest BCUT2D eigenvalue weighted by molar-refractivity contribution is 0.00936. The number of piperidine rings is 1. The molecule has 0 N–H and O–H groups in total. The number of likely N-dealkylation sites (N-methyl/N-ethyl adjacent to an activating group) is 2. The number of nitrogens with zero attached hydrogens (tertiary/aromatic N) is 5. The lowest BCUT2D eigenvalue weighted by Gasteiger charge is -2.52. The molecule has 0 radical (unpaired) electrons. The number of benzene rings is 1. The van der Waals surface area contributed by atoms with Gasteiger partial charge in [-0.05, 0) is 46.2 Å². The van der Waals surface area contributed by atoms with Crippen LogP contribution in [0.5, 0.6) is 0 Å². The highest BCUT2D eigenvalue weighted by atomic mass is 15.3. The second-order valence-corrected chi connectivity index (χ2v) is 8.89. The molecule has 1 aliphatic carbocycles. The van der Waals surface area contributed by atoms with Crippen molar-refractivity contribution in [3.63, 3.8) is 0 Å². The summed E-state index contributed by atoms with van der Waals surface area (Å²) in [5, 5.41) is 0. The van der Waals surface area contributed by atoms with E-state index in [1.807, 2.05) is 0 Å². The van der Waals surface area contributed by atoms with Crippen LogP contribution in [0.2, 0.25) is 0 Å². The van der Waals surface area contributed by atoms with E-state index in [-0.39, 0.29) is 0 Å². The van der Waals surface area contributed by atoms with Gasteiger partial charge in [-0.3, -0.25) is 4.90 Å². The summed E-state index contributed by atoms with van der Waals surface area (Å²) in [4.78, 5) is 17.7. The molecule has 0 saturated carbocycles. The molecule has 1 spiro atoms. The summed E-state index contributed by atoms with van der Waals surface area (Å²) in [6.45, 7) is 5.74. The predicted molar refractivity (Wildman–Crippen MR) is 114 cm³/mol. The Morgan fingerprint density at radius 2 is 1.68 bits per heavy atom. The third-order valence-electron chi connectivity index (χ3n) is 7.13. The molecule has 2 fully saturated rings. The van der Waals surface area contributed by atoms with Crippen molar-refractivity contribution in [3.05, 3.63) is 41.6 Å². The van der Waals surface area contributed by atoms with Gasteiger partial charge in [-0.1, -0.05) is 30.3 Å². The maximum absolute atomic E-state index is 5.10. The van der Waals surface area contributed by atoms with Gasteiger partial charge in [0, 0.05) is 55.1 Å². The van der Waals surface area contributed by atoms with Crippen LogP contribution < -0.4 is 4.90 Å². The number of hydrogen-bond acceptors (Lipinski definition) is 5. The molecule has 5 heteroatoms. The average Bonchev–Trinajstić information content (AvgIpc) is 3.20. The monoisotopic (exact) mass is 377 g/mol. The summed E-state index contributed by atoms with van der Waals surface area (Å²) >= 11 is 0. The van der Waals surface area contributed by atoms with Crippen LogP contribution in [0.1, 0.15) is 30.5 Å². The van der Waals surface area contributed by atoms with Crippen LogP contribution in [0.25, 0.3) is 11.4 Å². The Hall–Kier alpha value is -1.98. The number of aryl methyl sites for hydroxylation is 1. The molecule has 2 aromatic rings. The number of piperazine rings is 1. The Bertz CT molecular complexity index is 842. The Labute approximate surface area is 168 Å². The van der Waals surface area contributed by atoms with E-state index in [4.69, 9.17) is 9.97 Å². The van der Waals surface area contributed by atoms with E-state index >= 15 is 0 Å². The molecule has 148 valence electrons. The maximum Gasteiger partial charge on any atom is 0.161 e. The molecule has 0 atom stereocenters. The largest absolute Gasteiger partial charge is 0.356 e. The van der Waals surface area contributed by atoms with E-state index in [2.05, 4.69) is 59.1 Å². The van der Waals surface area contributed by atoms with Crippen molar-refractivity contribution in [2.45, 2.75) is 37.6 Å². The standard InChI is InChI=1S/C23H31N5/c1-26-15-16-27(2)23(17-26)11-13-28(14-12-23)22-19-9-6-10-20(19)24-21(25-22)18-7-4-3-5-8-18/h3-5,7-8H,6,9-17H2,1-2H3. The molecule has 0 bridgehead atoms. The summed E-state index contributed by atoms with van der Waals surface area (Å²) < 4.78 is 0. The SMILES string of the molecule is CN1CCN(C)C2(CCN(c3nc(-c4ccccc4)nc4c3CCC4)CC2)C1. The molecule has 2 aliphatic heterocycles. The minimum Gasteiger partial charge on any atom is -0.356 e. The Morgan fingerprint density at radius 1 is 0.893 bits per heavy atom. The summed E-state index contributed by atoms with van der Waals surface area (Å²) in [6, 6.07) is 10.5. The van der Waals surface area contributed by atoms with E-state index in [0.29, 0.717) is 5.54 Å². The van der Waals surface area contributed by atoms with Crippen molar-refractivity contribution in [3.8, 4) is 11.4 Å². The number of aromatic nitrogens is 2. The van der Waals surface area contributed by atoms with Gasteiger partial charge in [0.15, 0.2) is 5.82 Å². The van der Waals surface area contributed by atoms with E-state index in [1.54, 1.807) is 0 Å². The highest BCUT2D eigenvalue weighted by Crippen LogP contribution is 2.36. The van der Waals surface area contributed by atoms with Crippen molar-refractivity contribution in [1.29, 1.82) is 0 Å². The van der Waals surface area contributed by atoms with Gasteiger partial charge >= 0.3 is 0 Å². The molecule has 1 aromatic heterocycles. The Morgan fingerprint density at radius 3 is 2.46 bits per heavy atom. The van der Waals surface area contributed by atoms with Crippen molar-refractivity contribution in [1.82, 2.24) is 19.8 Å². The Kier molecular flexibility index (Phi) is 4.60. The molecule has 2 saturated heterocycles. The smallest absolute Gasteiger partial charge is 0.161 e. The van der Waals surface area contributed by atoms with E-state index < -0.39 is 0 Å². The van der Waals surface area contributed by atoms with Gasteiger partial charge in [-0.15, -0.1) is 0 Å². The predicted octanol–water partition coefficient (Wildman–Crippen LogP) is 2.85. The summed E-state index contributed by atoms with van der Waals surface area (Å²) in [7, 11) is 4.59. The normalized spacial score (nSPS) is 22.6. The summed E-state index contributed by atoms with van der Waals surface area (Å²) in [6.07, 6.45) is 5.86. The van der Waals surface area contributed by atoms with Gasteiger partial charge in [0.1, 0.15) is 5.82 Å². The minimum absolute atomic E-state index is 0.335. The Balaban J connectivity index is 1.43. The molecule has 0 unspecified atom stereocenters. The lowest BCUT2D eigenvalue weighted by atomic mass is 9.83. The fourth-order valence-electron chi connectivity index (χ4n) is 5.33. The van der Waals surface area contributed by atoms with E-state index in [1.165, 1.54) is 56.0 Å². The van der Waals surface area contributed by atoms with Crippen LogP contribution in [-0.4, -0.2) is 72.1 Å². The van der Waals surface area contributed by atoms with Gasteiger partial charge in [0.2, 0.25) is 0 Å². The van der Waals surface area contributed by atoms with Crippen LogP contribution in [0.4, 0.5) is 5.82 Å². The molecule has 28 heavy (non-hydrogen) atoms. The maximum atomic E-state index is 5.10. The molecule has 5 rings (SSSR count). The van der Waals surface area contributed by atoms with Gasteiger partial charge in [-0.2, -0.15) is 0 Å². The van der Waals surface area contributed by atoms with Crippen molar-refractivity contribution < 1.29 is 0 Å². The van der Waals surface area contributed by atoms with Gasteiger partial charge in [-0.25, -0.2) is 9.97 Å². The second kappa shape index (κ2) is 7.12. The zero-order chi connectivity index (χ0) is 19.1. The molecule has 1 aromatic carbocycles. The van der Waals surface area contributed by atoms with Crippen LogP contribution in [0, 0.1) is 0 Å². The number of anilines is 1. The first-order valence-corrected chi connectivity index (χ1v) is 10.7. The van der Waals surface area contributed by atoms with Crippen molar-refractivity contribution in [2.24, 2.45) is 0 Å². The number of fused-ring (bicyclic) bond motifs is 1.